The Morgan fingerprint density at radius 2 is 2.05 bits per heavy atom. The second kappa shape index (κ2) is 4.97. The molecule has 0 aromatic rings. The number of Topliss-reactive ketones (excluding diaryl/α,β-unsaturated/α-hetero) is 1. The molecule has 0 aromatic heterocycles. The molecule has 5 atom stereocenters. The van der Waals surface area contributed by atoms with Crippen LogP contribution in [0.15, 0.2) is 11.6 Å². The molecule has 0 radical (unpaired) electrons. The second-order valence-corrected chi connectivity index (χ2v) is 6.46. The van der Waals surface area contributed by atoms with Gasteiger partial charge in [0.15, 0.2) is 0 Å². The summed E-state index contributed by atoms with van der Waals surface area (Å²) in [7, 11) is 0. The van der Waals surface area contributed by atoms with Crippen molar-refractivity contribution in [3.8, 4) is 0 Å². The molecule has 114 valence electrons. The average molecular weight is 291 g/mol. The number of hydrogen-bond acceptors (Lipinski definition) is 4. The van der Waals surface area contributed by atoms with Crippen LogP contribution in [0.4, 0.5) is 0 Å². The van der Waals surface area contributed by atoms with Crippen LogP contribution in [0.5, 0.6) is 0 Å². The second-order valence-electron chi connectivity index (χ2n) is 6.46. The zero-order valence-electron chi connectivity index (χ0n) is 12.7. The summed E-state index contributed by atoms with van der Waals surface area (Å²) in [4.78, 5) is 37.6. The van der Waals surface area contributed by atoms with Gasteiger partial charge in [0.1, 0.15) is 11.9 Å². The standard InChI is InChI=1S/C16H21NO4/c1-8(18)14-12-4-5-17(10(3)19)7-11(12)6-13-15(14)9(2)21-16(13)20/h6,9,12-15H,4-5,7H2,1-3H3/t9-,12-,13-,14+,15-/m1/s1. The zero-order valence-corrected chi connectivity index (χ0v) is 12.7. The van der Waals surface area contributed by atoms with E-state index >= 15 is 0 Å². The van der Waals surface area contributed by atoms with Crippen molar-refractivity contribution in [1.29, 1.82) is 0 Å². The van der Waals surface area contributed by atoms with Gasteiger partial charge in [-0.15, -0.1) is 0 Å². The zero-order chi connectivity index (χ0) is 15.3. The van der Waals surface area contributed by atoms with Crippen LogP contribution in [0, 0.1) is 23.7 Å². The fourth-order valence-corrected chi connectivity index (χ4v) is 4.29. The largest absolute Gasteiger partial charge is 0.462 e. The van der Waals surface area contributed by atoms with Crippen LogP contribution in [0.1, 0.15) is 27.2 Å². The van der Waals surface area contributed by atoms with Gasteiger partial charge in [-0.25, -0.2) is 0 Å². The van der Waals surface area contributed by atoms with E-state index in [4.69, 9.17) is 4.74 Å². The van der Waals surface area contributed by atoms with Crippen molar-refractivity contribution in [2.75, 3.05) is 13.1 Å². The van der Waals surface area contributed by atoms with Gasteiger partial charge in [-0.3, -0.25) is 14.4 Å². The van der Waals surface area contributed by atoms with Crippen molar-refractivity contribution >= 4 is 17.7 Å². The van der Waals surface area contributed by atoms with E-state index in [2.05, 4.69) is 0 Å². The number of piperidine rings is 1. The number of carbonyl (C=O) groups excluding carboxylic acids is 3. The minimum Gasteiger partial charge on any atom is -0.462 e. The van der Waals surface area contributed by atoms with Crippen LogP contribution in [-0.2, 0) is 19.1 Å². The quantitative estimate of drug-likeness (QED) is 0.537. The Bertz CT molecular complexity index is 538. The summed E-state index contributed by atoms with van der Waals surface area (Å²) in [5.74, 6) is -0.452. The monoisotopic (exact) mass is 291 g/mol. The van der Waals surface area contributed by atoms with Gasteiger partial charge in [-0.05, 0) is 26.2 Å². The first kappa shape index (κ1) is 14.3. The lowest BCUT2D eigenvalue weighted by Crippen LogP contribution is -2.48. The molecule has 0 N–H and O–H groups in total. The normalized spacial score (nSPS) is 38.2. The Morgan fingerprint density at radius 1 is 1.33 bits per heavy atom. The van der Waals surface area contributed by atoms with E-state index in [9.17, 15) is 14.4 Å². The van der Waals surface area contributed by atoms with E-state index in [1.165, 1.54) is 0 Å². The Hall–Kier alpha value is -1.65. The van der Waals surface area contributed by atoms with Crippen LogP contribution in [0.25, 0.3) is 0 Å². The molecule has 0 unspecified atom stereocenters. The summed E-state index contributed by atoms with van der Waals surface area (Å²) in [6.07, 6.45) is 2.55. The van der Waals surface area contributed by atoms with Gasteiger partial charge in [0, 0.05) is 31.8 Å². The van der Waals surface area contributed by atoms with Crippen LogP contribution in [0.3, 0.4) is 0 Å². The maximum absolute atomic E-state index is 12.2. The van der Waals surface area contributed by atoms with Gasteiger partial charge in [0.25, 0.3) is 0 Å². The van der Waals surface area contributed by atoms with Crippen LogP contribution < -0.4 is 0 Å². The van der Waals surface area contributed by atoms with Gasteiger partial charge in [0.2, 0.25) is 5.91 Å². The third-order valence-corrected chi connectivity index (χ3v) is 5.25. The first-order valence-electron chi connectivity index (χ1n) is 7.57. The maximum Gasteiger partial charge on any atom is 0.313 e. The van der Waals surface area contributed by atoms with Crippen LogP contribution >= 0.6 is 0 Å². The van der Waals surface area contributed by atoms with Crippen LogP contribution in [0.2, 0.25) is 0 Å². The van der Waals surface area contributed by atoms with E-state index in [0.29, 0.717) is 13.1 Å². The van der Waals surface area contributed by atoms with E-state index in [1.54, 1.807) is 18.7 Å². The van der Waals surface area contributed by atoms with E-state index in [0.717, 1.165) is 12.0 Å². The van der Waals surface area contributed by atoms with Gasteiger partial charge in [-0.2, -0.15) is 0 Å². The number of nitrogens with zero attached hydrogens (tertiary/aromatic N) is 1. The average Bonchev–Trinajstić information content (AvgIpc) is 2.70. The van der Waals surface area contributed by atoms with Crippen molar-refractivity contribution in [2.24, 2.45) is 23.7 Å². The summed E-state index contributed by atoms with van der Waals surface area (Å²) in [6.45, 7) is 6.26. The number of carbonyl (C=O) groups is 3. The number of cyclic esters (lactones) is 1. The molecule has 3 aliphatic rings. The lowest BCUT2D eigenvalue weighted by Gasteiger charge is -2.43. The molecule has 5 heteroatoms. The van der Waals surface area contributed by atoms with Crippen molar-refractivity contribution in [3.05, 3.63) is 11.6 Å². The predicted octanol–water partition coefficient (Wildman–Crippen LogP) is 1.18. The molecule has 1 aliphatic carbocycles. The van der Waals surface area contributed by atoms with Crippen molar-refractivity contribution < 1.29 is 19.1 Å². The van der Waals surface area contributed by atoms with E-state index in [1.807, 2.05) is 13.0 Å². The molecular formula is C16H21NO4. The molecule has 2 aliphatic heterocycles. The highest BCUT2D eigenvalue weighted by molar-refractivity contribution is 5.84. The van der Waals surface area contributed by atoms with Crippen LogP contribution in [-0.4, -0.2) is 41.8 Å². The minimum absolute atomic E-state index is 0.0400. The molecule has 3 rings (SSSR count). The predicted molar refractivity (Wildman–Crippen MR) is 75.1 cm³/mol. The van der Waals surface area contributed by atoms with Crippen molar-refractivity contribution in [1.82, 2.24) is 4.90 Å². The third-order valence-electron chi connectivity index (χ3n) is 5.25. The molecule has 0 aromatic carbocycles. The highest BCUT2D eigenvalue weighted by Crippen LogP contribution is 2.48. The van der Waals surface area contributed by atoms with Crippen molar-refractivity contribution in [3.63, 3.8) is 0 Å². The van der Waals surface area contributed by atoms with Gasteiger partial charge in [0.05, 0.1) is 5.92 Å². The fraction of sp³-hybridized carbons (Fsp3) is 0.688. The molecule has 21 heavy (non-hydrogen) atoms. The number of hydrogen-bond donors (Lipinski definition) is 0. The molecule has 0 saturated carbocycles. The number of esters is 1. The lowest BCUT2D eigenvalue weighted by molar-refractivity contribution is -0.142. The minimum atomic E-state index is -0.327. The van der Waals surface area contributed by atoms with Gasteiger partial charge < -0.3 is 9.64 Å². The molecule has 0 bridgehead atoms. The summed E-state index contributed by atoms with van der Waals surface area (Å²) in [5, 5.41) is 0. The molecule has 0 spiro atoms. The molecule has 5 nitrogen and oxygen atoms in total. The van der Waals surface area contributed by atoms with Crippen molar-refractivity contribution in [2.45, 2.75) is 33.3 Å². The number of ether oxygens (including phenoxy) is 1. The molecule has 2 heterocycles. The smallest absolute Gasteiger partial charge is 0.313 e. The fourth-order valence-electron chi connectivity index (χ4n) is 4.29. The third kappa shape index (κ3) is 2.19. The number of ketones is 1. The Morgan fingerprint density at radius 3 is 2.67 bits per heavy atom. The topological polar surface area (TPSA) is 63.7 Å². The molecule has 1 amide bonds. The summed E-state index contributed by atoms with van der Waals surface area (Å²) < 4.78 is 5.35. The van der Waals surface area contributed by atoms with E-state index in [-0.39, 0.29) is 47.4 Å². The number of likely N-dealkylation sites (tertiary alicyclic amines) is 1. The first-order chi connectivity index (χ1) is 9.90. The highest BCUT2D eigenvalue weighted by atomic mass is 16.6. The van der Waals surface area contributed by atoms with E-state index < -0.39 is 0 Å². The first-order valence-corrected chi connectivity index (χ1v) is 7.57. The molecular weight excluding hydrogens is 270 g/mol. The number of fused-ring (bicyclic) bond motifs is 2. The Balaban J connectivity index is 1.98. The lowest BCUT2D eigenvalue weighted by atomic mass is 9.63. The summed E-state index contributed by atoms with van der Waals surface area (Å²) >= 11 is 0. The summed E-state index contributed by atoms with van der Waals surface area (Å²) in [5.41, 5.74) is 1.06. The highest BCUT2D eigenvalue weighted by Gasteiger charge is 2.53. The Kier molecular flexibility index (Phi) is 3.38. The molecule has 2 fully saturated rings. The van der Waals surface area contributed by atoms with Gasteiger partial charge >= 0.3 is 5.97 Å². The molecule has 2 saturated heterocycles. The Labute approximate surface area is 124 Å². The number of amides is 1. The number of rotatable bonds is 1. The maximum atomic E-state index is 12.2. The SMILES string of the molecule is CC(=O)[C@@H]1[C@@H]2[C@@H](C)OC(=O)[C@@H]2C=C2CN(C(C)=O)CC[C@H]21. The van der Waals surface area contributed by atoms with Gasteiger partial charge in [-0.1, -0.05) is 11.6 Å². The summed E-state index contributed by atoms with van der Waals surface area (Å²) in [6, 6.07) is 0.